The molecule has 0 radical (unpaired) electrons. The first-order valence-electron chi connectivity index (χ1n) is 10.3. The molecule has 4 rings (SSSR count). The predicted octanol–water partition coefficient (Wildman–Crippen LogP) is 4.33. The van der Waals surface area contributed by atoms with E-state index in [9.17, 15) is 20.0 Å². The lowest BCUT2D eigenvalue weighted by molar-refractivity contribution is -0.385. The molecule has 1 saturated heterocycles. The van der Waals surface area contributed by atoms with Gasteiger partial charge in [0.1, 0.15) is 0 Å². The highest BCUT2D eigenvalue weighted by atomic mass is 32.1. The molecular formula is C22H21N5O5S. The molecule has 0 bridgehead atoms. The Labute approximate surface area is 193 Å². The van der Waals surface area contributed by atoms with Gasteiger partial charge in [-0.15, -0.1) is 16.5 Å². The van der Waals surface area contributed by atoms with Crippen LogP contribution in [0.4, 0.5) is 16.5 Å². The quantitative estimate of drug-likeness (QED) is 0.296. The fourth-order valence-electron chi connectivity index (χ4n) is 3.47. The Morgan fingerprint density at radius 1 is 1.21 bits per heavy atom. The second-order valence-corrected chi connectivity index (χ2v) is 8.16. The van der Waals surface area contributed by atoms with E-state index in [1.807, 2.05) is 29.6 Å². The summed E-state index contributed by atoms with van der Waals surface area (Å²) < 4.78 is 5.38. The van der Waals surface area contributed by atoms with Gasteiger partial charge in [-0.05, 0) is 12.1 Å². The van der Waals surface area contributed by atoms with Crippen molar-refractivity contribution in [2.45, 2.75) is 12.5 Å². The normalized spacial score (nSPS) is 15.0. The van der Waals surface area contributed by atoms with Gasteiger partial charge in [0.15, 0.2) is 6.04 Å². The number of para-hydroxylation sites is 1. The standard InChI is InChI=1S/C22H21N5O5S/c28-21(29)18(13-16-3-1-2-4-20(16)27(30)31)24-25-22-23-19(14-33-22)15-5-7-17(8-6-15)26-9-11-32-12-10-26/h1-8,14,18H,9-13H2,(H,28,29). The zero-order valence-corrected chi connectivity index (χ0v) is 18.4. The molecule has 3 aromatic rings. The SMILES string of the molecule is O=C(O)C(Cc1ccccc1[N+](=O)[O-])N=Nc1nc(-c2ccc(N3CCOCC3)cc2)cs1. The number of carboxylic acid groups (broad SMARTS) is 1. The summed E-state index contributed by atoms with van der Waals surface area (Å²) in [6, 6.07) is 12.8. The molecule has 1 aliphatic rings. The van der Waals surface area contributed by atoms with E-state index >= 15 is 0 Å². The van der Waals surface area contributed by atoms with Crippen LogP contribution in [0.2, 0.25) is 0 Å². The third kappa shape index (κ3) is 5.57. The highest BCUT2D eigenvalue weighted by molar-refractivity contribution is 7.13. The number of ether oxygens (including phenoxy) is 1. The van der Waals surface area contributed by atoms with E-state index < -0.39 is 16.9 Å². The average Bonchev–Trinajstić information content (AvgIpc) is 3.31. The van der Waals surface area contributed by atoms with Crippen molar-refractivity contribution in [2.24, 2.45) is 10.2 Å². The molecule has 1 atom stereocenters. The summed E-state index contributed by atoms with van der Waals surface area (Å²) in [5.74, 6) is -1.22. The van der Waals surface area contributed by atoms with E-state index in [2.05, 4.69) is 20.1 Å². The first-order chi connectivity index (χ1) is 16.0. The van der Waals surface area contributed by atoms with Gasteiger partial charge in [0.2, 0.25) is 5.13 Å². The Morgan fingerprint density at radius 3 is 2.64 bits per heavy atom. The van der Waals surface area contributed by atoms with Crippen LogP contribution in [0.1, 0.15) is 5.56 Å². The van der Waals surface area contributed by atoms with E-state index in [0.29, 0.717) is 10.8 Å². The minimum Gasteiger partial charge on any atom is -0.480 e. The van der Waals surface area contributed by atoms with Crippen LogP contribution in [0.5, 0.6) is 0 Å². The third-order valence-electron chi connectivity index (χ3n) is 5.20. The molecule has 11 heteroatoms. The van der Waals surface area contributed by atoms with Crippen molar-refractivity contribution >= 4 is 33.8 Å². The Hall–Kier alpha value is -3.70. The highest BCUT2D eigenvalue weighted by Gasteiger charge is 2.23. The lowest BCUT2D eigenvalue weighted by Gasteiger charge is -2.28. The van der Waals surface area contributed by atoms with E-state index in [0.717, 1.165) is 37.6 Å². The largest absolute Gasteiger partial charge is 0.480 e. The number of anilines is 1. The van der Waals surface area contributed by atoms with Gasteiger partial charge in [0.05, 0.1) is 23.8 Å². The van der Waals surface area contributed by atoms with Gasteiger partial charge < -0.3 is 14.7 Å². The fraction of sp³-hybridized carbons (Fsp3) is 0.273. The summed E-state index contributed by atoms with van der Waals surface area (Å²) >= 11 is 1.25. The first kappa shape index (κ1) is 22.5. The van der Waals surface area contributed by atoms with Crippen molar-refractivity contribution in [3.63, 3.8) is 0 Å². The number of aromatic nitrogens is 1. The number of aliphatic carboxylic acids is 1. The second kappa shape index (κ2) is 10.3. The molecule has 1 unspecified atom stereocenters. The van der Waals surface area contributed by atoms with Crippen molar-refractivity contribution in [3.05, 3.63) is 69.6 Å². The van der Waals surface area contributed by atoms with Gasteiger partial charge in [-0.1, -0.05) is 30.3 Å². The van der Waals surface area contributed by atoms with Gasteiger partial charge in [-0.3, -0.25) is 10.1 Å². The van der Waals surface area contributed by atoms with Crippen molar-refractivity contribution in [3.8, 4) is 11.3 Å². The van der Waals surface area contributed by atoms with Crippen LogP contribution >= 0.6 is 11.3 Å². The van der Waals surface area contributed by atoms with E-state index in [4.69, 9.17) is 4.74 Å². The van der Waals surface area contributed by atoms with Gasteiger partial charge in [-0.25, -0.2) is 9.78 Å². The number of azo groups is 1. The maximum atomic E-state index is 11.6. The zero-order chi connectivity index (χ0) is 23.2. The number of morpholine rings is 1. The summed E-state index contributed by atoms with van der Waals surface area (Å²) in [7, 11) is 0. The Bertz CT molecular complexity index is 1160. The number of hydrogen-bond donors (Lipinski definition) is 1. The monoisotopic (exact) mass is 467 g/mol. The van der Waals surface area contributed by atoms with Crippen molar-refractivity contribution in [1.82, 2.24) is 4.98 Å². The van der Waals surface area contributed by atoms with Crippen LogP contribution in [-0.2, 0) is 16.0 Å². The molecule has 2 heterocycles. The van der Waals surface area contributed by atoms with Gasteiger partial charge >= 0.3 is 5.97 Å². The number of thiazole rings is 1. The number of rotatable bonds is 8. The molecular weight excluding hydrogens is 446 g/mol. The van der Waals surface area contributed by atoms with Crippen LogP contribution in [0, 0.1) is 10.1 Å². The summed E-state index contributed by atoms with van der Waals surface area (Å²) in [5.41, 5.74) is 2.90. The minimum absolute atomic E-state index is 0.142. The number of carboxylic acids is 1. The summed E-state index contributed by atoms with van der Waals surface area (Å²) in [5, 5.41) is 30.7. The van der Waals surface area contributed by atoms with Gasteiger partial charge in [0, 0.05) is 47.8 Å². The second-order valence-electron chi connectivity index (χ2n) is 7.32. The number of hydrogen-bond acceptors (Lipinski definition) is 9. The van der Waals surface area contributed by atoms with Gasteiger partial charge in [0.25, 0.3) is 5.69 Å². The minimum atomic E-state index is -1.26. The van der Waals surface area contributed by atoms with Gasteiger partial charge in [-0.2, -0.15) is 5.11 Å². The fourth-order valence-corrected chi connectivity index (χ4v) is 4.12. The Kier molecular flexibility index (Phi) is 7.01. The third-order valence-corrected chi connectivity index (χ3v) is 5.93. The number of nitro groups is 1. The molecule has 1 fully saturated rings. The molecule has 1 aromatic heterocycles. The van der Waals surface area contributed by atoms with E-state index in [-0.39, 0.29) is 17.7 Å². The van der Waals surface area contributed by atoms with Crippen LogP contribution in [0.25, 0.3) is 11.3 Å². The number of benzene rings is 2. The van der Waals surface area contributed by atoms with Crippen LogP contribution in [0.15, 0.2) is 64.1 Å². The molecule has 0 saturated carbocycles. The number of nitro benzene ring substituents is 1. The molecule has 0 amide bonds. The zero-order valence-electron chi connectivity index (χ0n) is 17.5. The summed E-state index contributed by atoms with van der Waals surface area (Å²) in [6.45, 7) is 3.16. The first-order valence-corrected chi connectivity index (χ1v) is 11.1. The summed E-state index contributed by atoms with van der Waals surface area (Å²) in [6.07, 6.45) is -0.142. The predicted molar refractivity (Wildman–Crippen MR) is 123 cm³/mol. The maximum absolute atomic E-state index is 11.6. The summed E-state index contributed by atoms with van der Waals surface area (Å²) in [4.78, 5) is 29.0. The molecule has 170 valence electrons. The Balaban J connectivity index is 1.46. The molecule has 0 aliphatic carbocycles. The smallest absolute Gasteiger partial charge is 0.330 e. The van der Waals surface area contributed by atoms with Crippen LogP contribution in [-0.4, -0.2) is 53.3 Å². The number of nitrogens with zero attached hydrogens (tertiary/aromatic N) is 5. The molecule has 0 spiro atoms. The molecule has 1 N–H and O–H groups in total. The van der Waals surface area contributed by atoms with Crippen molar-refractivity contribution in [2.75, 3.05) is 31.2 Å². The molecule has 1 aliphatic heterocycles. The van der Waals surface area contributed by atoms with Crippen LogP contribution in [0.3, 0.4) is 0 Å². The van der Waals surface area contributed by atoms with Crippen molar-refractivity contribution < 1.29 is 19.6 Å². The van der Waals surface area contributed by atoms with E-state index in [1.54, 1.807) is 6.07 Å². The average molecular weight is 468 g/mol. The molecule has 2 aromatic carbocycles. The molecule has 33 heavy (non-hydrogen) atoms. The van der Waals surface area contributed by atoms with E-state index in [1.165, 1.54) is 29.5 Å². The topological polar surface area (TPSA) is 131 Å². The maximum Gasteiger partial charge on any atom is 0.330 e. The van der Waals surface area contributed by atoms with Crippen molar-refractivity contribution in [1.29, 1.82) is 0 Å². The highest BCUT2D eigenvalue weighted by Crippen LogP contribution is 2.29. The lowest BCUT2D eigenvalue weighted by atomic mass is 10.0. The Morgan fingerprint density at radius 2 is 1.94 bits per heavy atom. The van der Waals surface area contributed by atoms with Crippen LogP contribution < -0.4 is 4.90 Å². The molecule has 10 nitrogen and oxygen atoms in total. The lowest BCUT2D eigenvalue weighted by Crippen LogP contribution is -2.36. The number of carbonyl (C=O) groups is 1.